The maximum atomic E-state index is 11.3. The van der Waals surface area contributed by atoms with Gasteiger partial charge in [0.2, 0.25) is 0 Å². The fraction of sp³-hybridized carbons (Fsp3) is 0.188. The van der Waals surface area contributed by atoms with Gasteiger partial charge in [-0.2, -0.15) is 0 Å². The summed E-state index contributed by atoms with van der Waals surface area (Å²) in [5, 5.41) is 12.5. The van der Waals surface area contributed by atoms with Crippen LogP contribution >= 0.6 is 0 Å². The molecule has 0 amide bonds. The number of benzene rings is 2. The number of carboxylic acids is 1. The molecule has 0 unspecified atom stereocenters. The van der Waals surface area contributed by atoms with Crippen LogP contribution in [0.2, 0.25) is 0 Å². The van der Waals surface area contributed by atoms with Gasteiger partial charge in [0.05, 0.1) is 16.9 Å². The lowest BCUT2D eigenvalue weighted by Gasteiger charge is -2.17. The highest BCUT2D eigenvalue weighted by atomic mass is 16.4. The number of aryl methyl sites for hydroxylation is 2. The summed E-state index contributed by atoms with van der Waals surface area (Å²) >= 11 is 0. The van der Waals surface area contributed by atoms with E-state index in [9.17, 15) is 9.90 Å². The maximum Gasteiger partial charge on any atom is 0.337 e. The van der Waals surface area contributed by atoms with Crippen LogP contribution < -0.4 is 11.1 Å². The minimum atomic E-state index is -0.994. The number of hydrogen-bond donors (Lipinski definition) is 3. The van der Waals surface area contributed by atoms with Crippen molar-refractivity contribution >= 4 is 23.0 Å². The summed E-state index contributed by atoms with van der Waals surface area (Å²) in [4.78, 5) is 11.3. The largest absolute Gasteiger partial charge is 0.478 e. The summed E-state index contributed by atoms with van der Waals surface area (Å²) in [5.74, 6) is -0.994. The summed E-state index contributed by atoms with van der Waals surface area (Å²) in [5.41, 5.74) is 10.1. The summed E-state index contributed by atoms with van der Waals surface area (Å²) in [6, 6.07) is 10.9. The van der Waals surface area contributed by atoms with Gasteiger partial charge in [0.1, 0.15) is 0 Å². The minimum Gasteiger partial charge on any atom is -0.478 e. The maximum absolute atomic E-state index is 11.3. The van der Waals surface area contributed by atoms with E-state index in [1.807, 2.05) is 25.1 Å². The van der Waals surface area contributed by atoms with Gasteiger partial charge < -0.3 is 16.2 Å². The second-order valence-electron chi connectivity index (χ2n) is 4.66. The average Bonchev–Trinajstić information content (AvgIpc) is 2.42. The van der Waals surface area contributed by atoms with E-state index in [-0.39, 0.29) is 5.56 Å². The topological polar surface area (TPSA) is 75.3 Å². The van der Waals surface area contributed by atoms with E-state index in [0.717, 1.165) is 23.2 Å². The normalized spacial score (nSPS) is 10.3. The monoisotopic (exact) mass is 270 g/mol. The van der Waals surface area contributed by atoms with Crippen LogP contribution in [0.4, 0.5) is 17.1 Å². The van der Waals surface area contributed by atoms with Gasteiger partial charge in [-0.25, -0.2) is 4.79 Å². The van der Waals surface area contributed by atoms with Crippen LogP contribution in [-0.2, 0) is 6.42 Å². The number of nitrogens with one attached hydrogen (secondary N) is 1. The third-order valence-corrected chi connectivity index (χ3v) is 3.32. The number of carbonyl (C=O) groups is 1. The van der Waals surface area contributed by atoms with E-state index in [1.165, 1.54) is 0 Å². The number of nitrogens with two attached hydrogens (primary N) is 1. The molecule has 0 spiro atoms. The minimum absolute atomic E-state index is 0.176. The second kappa shape index (κ2) is 5.65. The molecular weight excluding hydrogens is 252 g/mol. The average molecular weight is 270 g/mol. The van der Waals surface area contributed by atoms with Crippen LogP contribution in [0.3, 0.4) is 0 Å². The van der Waals surface area contributed by atoms with E-state index < -0.39 is 5.97 Å². The van der Waals surface area contributed by atoms with Gasteiger partial charge in [-0.15, -0.1) is 0 Å². The van der Waals surface area contributed by atoms with Crippen LogP contribution in [0.5, 0.6) is 0 Å². The van der Waals surface area contributed by atoms with Crippen LogP contribution in [-0.4, -0.2) is 11.1 Å². The van der Waals surface area contributed by atoms with E-state index in [0.29, 0.717) is 11.4 Å². The van der Waals surface area contributed by atoms with Crippen molar-refractivity contribution in [2.45, 2.75) is 20.3 Å². The zero-order valence-electron chi connectivity index (χ0n) is 11.6. The first kappa shape index (κ1) is 13.9. The van der Waals surface area contributed by atoms with Gasteiger partial charge in [0.25, 0.3) is 0 Å². The van der Waals surface area contributed by atoms with Crippen LogP contribution in [0, 0.1) is 6.92 Å². The van der Waals surface area contributed by atoms with Gasteiger partial charge in [-0.1, -0.05) is 31.2 Å². The molecule has 0 aliphatic heterocycles. The first-order valence-corrected chi connectivity index (χ1v) is 6.52. The molecule has 0 fully saturated rings. The van der Waals surface area contributed by atoms with E-state index in [4.69, 9.17) is 5.73 Å². The number of para-hydroxylation sites is 2. The molecule has 0 saturated carbocycles. The van der Waals surface area contributed by atoms with Crippen molar-refractivity contribution < 1.29 is 9.90 Å². The number of aromatic carboxylic acids is 1. The van der Waals surface area contributed by atoms with Crippen molar-refractivity contribution in [3.05, 3.63) is 53.1 Å². The van der Waals surface area contributed by atoms with Gasteiger partial charge >= 0.3 is 5.97 Å². The van der Waals surface area contributed by atoms with Crippen molar-refractivity contribution in [1.82, 2.24) is 0 Å². The summed E-state index contributed by atoms with van der Waals surface area (Å²) in [6.45, 7) is 4.05. The smallest absolute Gasteiger partial charge is 0.337 e. The molecular formula is C16H18N2O2. The molecule has 2 aromatic rings. The molecule has 4 N–H and O–H groups in total. The Balaban J connectivity index is 2.53. The lowest BCUT2D eigenvalue weighted by atomic mass is 10.0. The number of nitrogen functional groups attached to an aromatic ring is 1. The first-order chi connectivity index (χ1) is 9.54. The molecule has 2 aromatic carbocycles. The third kappa shape index (κ3) is 2.59. The highest BCUT2D eigenvalue weighted by Gasteiger charge is 2.14. The Morgan fingerprint density at radius 1 is 1.20 bits per heavy atom. The predicted molar refractivity (Wildman–Crippen MR) is 81.7 cm³/mol. The third-order valence-electron chi connectivity index (χ3n) is 3.32. The Morgan fingerprint density at radius 3 is 2.55 bits per heavy atom. The first-order valence-electron chi connectivity index (χ1n) is 6.52. The number of carboxylic acid groups (broad SMARTS) is 1. The molecule has 0 atom stereocenters. The number of anilines is 3. The molecule has 0 aliphatic carbocycles. The Morgan fingerprint density at radius 2 is 1.90 bits per heavy atom. The molecule has 4 heteroatoms. The molecule has 0 aromatic heterocycles. The predicted octanol–water partition coefficient (Wildman–Crippen LogP) is 3.58. The number of rotatable bonds is 4. The van der Waals surface area contributed by atoms with Crippen molar-refractivity contribution in [1.29, 1.82) is 0 Å². The van der Waals surface area contributed by atoms with Gasteiger partial charge in [-0.3, -0.25) is 0 Å². The number of hydrogen-bond acceptors (Lipinski definition) is 3. The Labute approximate surface area is 118 Å². The molecule has 4 nitrogen and oxygen atoms in total. The molecule has 0 heterocycles. The molecule has 20 heavy (non-hydrogen) atoms. The lowest BCUT2D eigenvalue weighted by molar-refractivity contribution is 0.0698. The molecule has 104 valence electrons. The van der Waals surface area contributed by atoms with E-state index in [2.05, 4.69) is 12.2 Å². The van der Waals surface area contributed by atoms with Crippen molar-refractivity contribution in [3.8, 4) is 0 Å². The van der Waals surface area contributed by atoms with Crippen LogP contribution in [0.1, 0.15) is 28.4 Å². The highest BCUT2D eigenvalue weighted by Crippen LogP contribution is 2.31. The van der Waals surface area contributed by atoms with E-state index >= 15 is 0 Å². The molecule has 2 rings (SSSR count). The standard InChI is InChI=1S/C16H18N2O2/c1-3-11-7-4-6-10(2)14(11)18-15-12(16(19)20)8-5-9-13(15)17/h4-9,18H,3,17H2,1-2H3,(H,19,20). The van der Waals surface area contributed by atoms with Gasteiger partial charge in [-0.05, 0) is 36.6 Å². The van der Waals surface area contributed by atoms with E-state index in [1.54, 1.807) is 18.2 Å². The molecule has 0 radical (unpaired) electrons. The fourth-order valence-corrected chi connectivity index (χ4v) is 2.21. The van der Waals surface area contributed by atoms with Gasteiger partial charge in [0.15, 0.2) is 0 Å². The van der Waals surface area contributed by atoms with Crippen molar-refractivity contribution in [3.63, 3.8) is 0 Å². The Hall–Kier alpha value is -2.49. The SMILES string of the molecule is CCc1cccc(C)c1Nc1c(N)cccc1C(=O)O. The van der Waals surface area contributed by atoms with Crippen LogP contribution in [0.15, 0.2) is 36.4 Å². The quantitative estimate of drug-likeness (QED) is 0.742. The summed E-state index contributed by atoms with van der Waals surface area (Å²) in [7, 11) is 0. The zero-order chi connectivity index (χ0) is 14.7. The van der Waals surface area contributed by atoms with Crippen molar-refractivity contribution in [2.75, 3.05) is 11.1 Å². The Kier molecular flexibility index (Phi) is 3.94. The van der Waals surface area contributed by atoms with Crippen molar-refractivity contribution in [2.24, 2.45) is 0 Å². The summed E-state index contributed by atoms with van der Waals surface area (Å²) in [6.07, 6.45) is 0.860. The second-order valence-corrected chi connectivity index (χ2v) is 4.66. The molecule has 0 aliphatic rings. The fourth-order valence-electron chi connectivity index (χ4n) is 2.21. The molecule has 0 saturated heterocycles. The zero-order valence-corrected chi connectivity index (χ0v) is 11.6. The van der Waals surface area contributed by atoms with Gasteiger partial charge in [0, 0.05) is 5.69 Å². The summed E-state index contributed by atoms with van der Waals surface area (Å²) < 4.78 is 0. The van der Waals surface area contributed by atoms with Crippen LogP contribution in [0.25, 0.3) is 0 Å². The highest BCUT2D eigenvalue weighted by molar-refractivity contribution is 5.99. The lowest BCUT2D eigenvalue weighted by Crippen LogP contribution is -2.07. The Bertz CT molecular complexity index is 651. The molecule has 0 bridgehead atoms.